The summed E-state index contributed by atoms with van der Waals surface area (Å²) in [5.74, 6) is 2.18. The number of pyridine rings is 1. The number of hydrogen-bond donors (Lipinski definition) is 2. The number of ether oxygens (including phenoxy) is 1. The lowest BCUT2D eigenvalue weighted by molar-refractivity contribution is -0.158. The Balaban J connectivity index is 1.23. The minimum Gasteiger partial charge on any atom is -0.450 e. The number of carbonyl (C=O) groups is 2. The molecule has 1 aliphatic heterocycles. The van der Waals surface area contributed by atoms with Gasteiger partial charge in [-0.2, -0.15) is 0 Å². The summed E-state index contributed by atoms with van der Waals surface area (Å²) >= 11 is 0. The van der Waals surface area contributed by atoms with E-state index in [9.17, 15) is 14.7 Å². The number of nitrogens with one attached hydrogen (secondary N) is 1. The first-order chi connectivity index (χ1) is 16.1. The van der Waals surface area contributed by atoms with Crippen molar-refractivity contribution in [3.63, 3.8) is 0 Å². The van der Waals surface area contributed by atoms with E-state index in [0.29, 0.717) is 17.8 Å². The smallest absolute Gasteiger partial charge is 0.450 e. The Morgan fingerprint density at radius 2 is 1.88 bits per heavy atom. The molecule has 2 unspecified atom stereocenters. The van der Waals surface area contributed by atoms with Crippen LogP contribution in [0.4, 0.5) is 10.6 Å². The fourth-order valence-electron chi connectivity index (χ4n) is 7.60. The topological polar surface area (TPSA) is 95.0 Å². The summed E-state index contributed by atoms with van der Waals surface area (Å²) in [5.41, 5.74) is -0.0113. The number of rotatable bonds is 5. The highest BCUT2D eigenvalue weighted by atomic mass is 16.7. The molecule has 1 amide bonds. The Morgan fingerprint density at radius 1 is 1.18 bits per heavy atom. The third-order valence-corrected chi connectivity index (χ3v) is 8.94. The van der Waals surface area contributed by atoms with E-state index < -0.39 is 17.3 Å². The SMILES string of the molecule is Cc1ccc(N2CCN(C(C)(C)C(=O)NC3C4CC5CC3CC(OC(=O)O)(C5)C4)[C@H](C)C2)nc1. The molecule has 5 fully saturated rings. The number of hydrogen-bond acceptors (Lipinski definition) is 6. The second kappa shape index (κ2) is 8.40. The van der Waals surface area contributed by atoms with Gasteiger partial charge in [0.25, 0.3) is 0 Å². The lowest BCUT2D eigenvalue weighted by Gasteiger charge is -2.59. The van der Waals surface area contributed by atoms with Crippen LogP contribution in [0.15, 0.2) is 18.3 Å². The molecule has 3 atom stereocenters. The van der Waals surface area contributed by atoms with Gasteiger partial charge in [0.15, 0.2) is 0 Å². The van der Waals surface area contributed by atoms with E-state index in [1.54, 1.807) is 0 Å². The van der Waals surface area contributed by atoms with Crippen molar-refractivity contribution < 1.29 is 19.4 Å². The molecule has 4 saturated carbocycles. The van der Waals surface area contributed by atoms with E-state index in [-0.39, 0.29) is 18.0 Å². The Kier molecular flexibility index (Phi) is 5.78. The minimum absolute atomic E-state index is 0.0759. The highest BCUT2D eigenvalue weighted by Gasteiger charge is 2.58. The third-order valence-electron chi connectivity index (χ3n) is 8.94. The number of nitrogens with zero attached hydrogens (tertiary/aromatic N) is 3. The monoisotopic (exact) mass is 470 g/mol. The molecule has 0 spiro atoms. The molecular formula is C26H38N4O4. The Labute approximate surface area is 202 Å². The number of aromatic nitrogens is 1. The van der Waals surface area contributed by atoms with Crippen LogP contribution in [-0.2, 0) is 9.53 Å². The Bertz CT molecular complexity index is 933. The lowest BCUT2D eigenvalue weighted by Crippen LogP contribution is -2.68. The number of aryl methyl sites for hydroxylation is 1. The molecule has 34 heavy (non-hydrogen) atoms. The zero-order valence-electron chi connectivity index (χ0n) is 20.8. The summed E-state index contributed by atoms with van der Waals surface area (Å²) in [6, 6.07) is 4.49. The standard InChI is InChI=1S/C26H38N4O4/c1-16-5-6-21(27-14-16)29-7-8-30(17(2)15-29)25(3,4)23(31)28-22-19-9-18-10-20(22)13-26(11-18,12-19)34-24(32)33/h5-6,14,17-20,22H,7-13,15H2,1-4H3,(H,28,31)(H,32,33)/t17-,18?,19?,20?,22?,26?/m1/s1. The maximum atomic E-state index is 13.6. The predicted octanol–water partition coefficient (Wildman–Crippen LogP) is 3.44. The van der Waals surface area contributed by atoms with Crippen LogP contribution in [0.25, 0.3) is 0 Å². The van der Waals surface area contributed by atoms with Crippen LogP contribution < -0.4 is 10.2 Å². The van der Waals surface area contributed by atoms with Gasteiger partial charge < -0.3 is 20.1 Å². The first kappa shape index (κ1) is 23.4. The number of amides is 1. The van der Waals surface area contributed by atoms with Gasteiger partial charge in [0.1, 0.15) is 11.4 Å². The number of anilines is 1. The van der Waals surface area contributed by atoms with Gasteiger partial charge in [-0.05, 0) is 89.2 Å². The van der Waals surface area contributed by atoms with E-state index in [2.05, 4.69) is 39.2 Å². The van der Waals surface area contributed by atoms with Crippen molar-refractivity contribution in [1.29, 1.82) is 0 Å². The van der Waals surface area contributed by atoms with Gasteiger partial charge in [0, 0.05) is 37.9 Å². The maximum Gasteiger partial charge on any atom is 0.506 e. The third kappa shape index (κ3) is 4.14. The summed E-state index contributed by atoms with van der Waals surface area (Å²) < 4.78 is 5.42. The lowest BCUT2D eigenvalue weighted by atomic mass is 9.52. The second-order valence-corrected chi connectivity index (χ2v) is 11.8. The van der Waals surface area contributed by atoms with Gasteiger partial charge in [-0.1, -0.05) is 6.07 Å². The zero-order valence-corrected chi connectivity index (χ0v) is 20.8. The quantitative estimate of drug-likeness (QED) is 0.637. The van der Waals surface area contributed by atoms with Crippen molar-refractivity contribution in [2.45, 2.75) is 83.0 Å². The molecule has 0 radical (unpaired) electrons. The molecule has 4 bridgehead atoms. The molecule has 8 nitrogen and oxygen atoms in total. The molecule has 2 heterocycles. The zero-order chi connectivity index (χ0) is 24.3. The molecule has 1 aromatic heterocycles. The first-order valence-corrected chi connectivity index (χ1v) is 12.7. The van der Waals surface area contributed by atoms with Crippen molar-refractivity contribution in [2.24, 2.45) is 17.8 Å². The fraction of sp³-hybridized carbons (Fsp3) is 0.731. The van der Waals surface area contributed by atoms with Gasteiger partial charge >= 0.3 is 6.16 Å². The first-order valence-electron chi connectivity index (χ1n) is 12.7. The van der Waals surface area contributed by atoms with Crippen LogP contribution in [0, 0.1) is 24.7 Å². The highest BCUT2D eigenvalue weighted by Crippen LogP contribution is 2.57. The molecule has 2 N–H and O–H groups in total. The Hall–Kier alpha value is -2.35. The van der Waals surface area contributed by atoms with Crippen molar-refractivity contribution in [3.8, 4) is 0 Å². The van der Waals surface area contributed by atoms with Gasteiger partial charge in [-0.25, -0.2) is 9.78 Å². The van der Waals surface area contributed by atoms with Crippen molar-refractivity contribution >= 4 is 17.9 Å². The van der Waals surface area contributed by atoms with Crippen LogP contribution in [0.5, 0.6) is 0 Å². The summed E-state index contributed by atoms with van der Waals surface area (Å²) in [6.45, 7) is 10.8. The Morgan fingerprint density at radius 3 is 2.47 bits per heavy atom. The number of carbonyl (C=O) groups excluding carboxylic acids is 1. The summed E-state index contributed by atoms with van der Waals surface area (Å²) in [7, 11) is 0. The van der Waals surface area contributed by atoms with Gasteiger partial charge in [-0.3, -0.25) is 9.69 Å². The van der Waals surface area contributed by atoms with E-state index in [1.807, 2.05) is 27.0 Å². The van der Waals surface area contributed by atoms with Gasteiger partial charge in [0.05, 0.1) is 5.54 Å². The average Bonchev–Trinajstić information content (AvgIpc) is 2.75. The summed E-state index contributed by atoms with van der Waals surface area (Å²) in [6.07, 6.45) is 5.16. The second-order valence-electron chi connectivity index (χ2n) is 11.8. The molecule has 1 saturated heterocycles. The van der Waals surface area contributed by atoms with Crippen molar-refractivity contribution in [1.82, 2.24) is 15.2 Å². The summed E-state index contributed by atoms with van der Waals surface area (Å²) in [5, 5.41) is 12.7. The molecule has 186 valence electrons. The highest BCUT2D eigenvalue weighted by molar-refractivity contribution is 5.86. The van der Waals surface area contributed by atoms with E-state index in [4.69, 9.17) is 4.74 Å². The van der Waals surface area contributed by atoms with Gasteiger partial charge in [0.2, 0.25) is 5.91 Å². The fourth-order valence-corrected chi connectivity index (χ4v) is 7.60. The van der Waals surface area contributed by atoms with Crippen LogP contribution in [0.2, 0.25) is 0 Å². The molecule has 4 aliphatic carbocycles. The number of piperazine rings is 1. The van der Waals surface area contributed by atoms with Crippen LogP contribution in [0.3, 0.4) is 0 Å². The van der Waals surface area contributed by atoms with Crippen LogP contribution in [-0.4, -0.2) is 69.9 Å². The van der Waals surface area contributed by atoms with E-state index >= 15 is 0 Å². The molecule has 8 heteroatoms. The maximum absolute atomic E-state index is 13.6. The summed E-state index contributed by atoms with van der Waals surface area (Å²) in [4.78, 5) is 34.1. The molecule has 5 aliphatic rings. The molecule has 0 aromatic carbocycles. The molecule has 6 rings (SSSR count). The number of carboxylic acid groups (broad SMARTS) is 1. The van der Waals surface area contributed by atoms with Crippen LogP contribution >= 0.6 is 0 Å². The van der Waals surface area contributed by atoms with Crippen molar-refractivity contribution in [2.75, 3.05) is 24.5 Å². The molecular weight excluding hydrogens is 432 g/mol. The minimum atomic E-state index is -1.17. The van der Waals surface area contributed by atoms with Crippen LogP contribution in [0.1, 0.15) is 58.4 Å². The van der Waals surface area contributed by atoms with Gasteiger partial charge in [-0.15, -0.1) is 0 Å². The largest absolute Gasteiger partial charge is 0.506 e. The van der Waals surface area contributed by atoms with E-state index in [1.165, 1.54) is 0 Å². The molecule has 1 aromatic rings. The normalized spacial score (nSPS) is 35.3. The van der Waals surface area contributed by atoms with E-state index in [0.717, 1.165) is 63.1 Å². The average molecular weight is 471 g/mol. The van der Waals surface area contributed by atoms with Crippen molar-refractivity contribution in [3.05, 3.63) is 23.9 Å². The predicted molar refractivity (Wildman–Crippen MR) is 129 cm³/mol.